The predicted molar refractivity (Wildman–Crippen MR) is 299 cm³/mol. The smallest absolute Gasteiger partial charge is 0.0714 e. The van der Waals surface area contributed by atoms with Crippen LogP contribution in [0.1, 0.15) is 22.3 Å². The minimum Gasteiger partial charge on any atom is -0.310 e. The van der Waals surface area contributed by atoms with Crippen molar-refractivity contribution in [3.63, 3.8) is 0 Å². The van der Waals surface area contributed by atoms with Gasteiger partial charge in [-0.15, -0.1) is 0 Å². The number of nitrogens with zero attached hydrogens (tertiary/aromatic N) is 2. The van der Waals surface area contributed by atoms with Crippen LogP contribution in [0, 0.1) is 0 Å². The third-order valence-electron chi connectivity index (χ3n) is 15.0. The summed E-state index contributed by atoms with van der Waals surface area (Å²) < 4.78 is 2.47. The fourth-order valence-electron chi connectivity index (χ4n) is 11.8. The molecule has 13 aromatic rings. The van der Waals surface area contributed by atoms with Crippen LogP contribution in [-0.4, -0.2) is 4.57 Å². The number of benzene rings is 12. The Labute approximate surface area is 413 Å². The summed E-state index contributed by atoms with van der Waals surface area (Å²) in [4.78, 5) is 2.38. The zero-order chi connectivity index (χ0) is 46.9. The average molecular weight is 903 g/mol. The topological polar surface area (TPSA) is 8.17 Å². The van der Waals surface area contributed by atoms with E-state index in [1.807, 2.05) is 0 Å². The molecule has 332 valence electrons. The molecule has 0 spiro atoms. The molecule has 0 aliphatic heterocycles. The summed E-state index contributed by atoms with van der Waals surface area (Å²) in [7, 11) is 0. The summed E-state index contributed by atoms with van der Waals surface area (Å²) in [5.41, 5.74) is 18.9. The highest BCUT2D eigenvalue weighted by Gasteiger charge is 2.46. The molecule has 0 fully saturated rings. The van der Waals surface area contributed by atoms with Crippen LogP contribution in [0.3, 0.4) is 0 Å². The number of anilines is 3. The van der Waals surface area contributed by atoms with E-state index < -0.39 is 5.41 Å². The lowest BCUT2D eigenvalue weighted by molar-refractivity contribution is 0.767. The van der Waals surface area contributed by atoms with Crippen molar-refractivity contribution in [1.82, 2.24) is 4.57 Å². The molecule has 71 heavy (non-hydrogen) atoms. The summed E-state index contributed by atoms with van der Waals surface area (Å²) in [5, 5.41) is 7.31. The maximum absolute atomic E-state index is 2.47. The van der Waals surface area contributed by atoms with Gasteiger partial charge >= 0.3 is 0 Å². The number of fused-ring (bicyclic) bond motifs is 8. The van der Waals surface area contributed by atoms with Crippen LogP contribution >= 0.6 is 0 Å². The third kappa shape index (κ3) is 6.57. The van der Waals surface area contributed by atoms with Crippen molar-refractivity contribution in [2.45, 2.75) is 5.41 Å². The van der Waals surface area contributed by atoms with Gasteiger partial charge < -0.3 is 9.47 Å². The van der Waals surface area contributed by atoms with Gasteiger partial charge in [-0.05, 0) is 150 Å². The van der Waals surface area contributed by atoms with Crippen LogP contribution < -0.4 is 4.90 Å². The molecule has 0 amide bonds. The number of hydrogen-bond donors (Lipinski definition) is 0. The molecule has 0 radical (unpaired) electrons. The normalized spacial score (nSPS) is 12.6. The summed E-state index contributed by atoms with van der Waals surface area (Å²) in [5.74, 6) is 0. The van der Waals surface area contributed by atoms with E-state index >= 15 is 0 Å². The van der Waals surface area contributed by atoms with Gasteiger partial charge in [-0.25, -0.2) is 0 Å². The van der Waals surface area contributed by atoms with Crippen molar-refractivity contribution in [2.24, 2.45) is 0 Å². The quantitative estimate of drug-likeness (QED) is 0.147. The monoisotopic (exact) mass is 902 g/mol. The van der Waals surface area contributed by atoms with E-state index in [4.69, 9.17) is 0 Å². The second-order valence-corrected chi connectivity index (χ2v) is 18.9. The molecule has 0 atom stereocenters. The van der Waals surface area contributed by atoms with E-state index in [9.17, 15) is 0 Å². The summed E-state index contributed by atoms with van der Waals surface area (Å²) in [6, 6.07) is 103. The fourth-order valence-corrected chi connectivity index (χ4v) is 11.8. The third-order valence-corrected chi connectivity index (χ3v) is 15.0. The molecule has 12 aromatic carbocycles. The first-order valence-electron chi connectivity index (χ1n) is 24.6. The molecule has 1 aromatic heterocycles. The molecule has 2 nitrogen and oxygen atoms in total. The van der Waals surface area contributed by atoms with Gasteiger partial charge in [0.05, 0.1) is 16.4 Å². The van der Waals surface area contributed by atoms with Gasteiger partial charge in [0, 0.05) is 33.5 Å². The van der Waals surface area contributed by atoms with Crippen LogP contribution in [-0.2, 0) is 5.41 Å². The van der Waals surface area contributed by atoms with Crippen molar-refractivity contribution in [2.75, 3.05) is 4.90 Å². The van der Waals surface area contributed by atoms with Crippen LogP contribution in [0.15, 0.2) is 279 Å². The summed E-state index contributed by atoms with van der Waals surface area (Å²) >= 11 is 0. The first-order valence-corrected chi connectivity index (χ1v) is 24.6. The maximum atomic E-state index is 2.47. The Balaban J connectivity index is 0.864. The lowest BCUT2D eigenvalue weighted by Crippen LogP contribution is -2.28. The van der Waals surface area contributed by atoms with Crippen molar-refractivity contribution < 1.29 is 0 Å². The summed E-state index contributed by atoms with van der Waals surface area (Å²) in [6.45, 7) is 0. The number of aromatic nitrogens is 1. The lowest BCUT2D eigenvalue weighted by atomic mass is 9.67. The Morgan fingerprint density at radius 2 is 0.789 bits per heavy atom. The first-order chi connectivity index (χ1) is 35.2. The standard InChI is InChI=1S/C69H46N2/c1-4-16-47(17-5-1)49-30-35-57(36-31-49)70(58-37-32-48-18-10-11-19-50(48)43-58)59-38-33-52-42-51(28-29-53(52)44-59)54-34-41-68-64(45-54)63-25-13-15-27-67(63)71(68)60-39-40-62-61-24-12-14-26-65(61)69(66(62)46-60,55-20-6-2-7-21-55)56-22-8-3-9-23-56/h1-46H. The second kappa shape index (κ2) is 16.5. The summed E-state index contributed by atoms with van der Waals surface area (Å²) in [6.07, 6.45) is 0. The number of para-hydroxylation sites is 1. The Kier molecular flexibility index (Phi) is 9.47. The van der Waals surface area contributed by atoms with Gasteiger partial charge in [0.25, 0.3) is 0 Å². The first kappa shape index (κ1) is 40.8. The van der Waals surface area contributed by atoms with Crippen LogP contribution in [0.25, 0.3) is 82.4 Å². The predicted octanol–water partition coefficient (Wildman–Crippen LogP) is 18.3. The molecule has 14 rings (SSSR count). The van der Waals surface area contributed by atoms with Crippen LogP contribution in [0.5, 0.6) is 0 Å². The molecule has 0 unspecified atom stereocenters. The van der Waals surface area contributed by atoms with Crippen molar-refractivity contribution in [3.05, 3.63) is 301 Å². The lowest BCUT2D eigenvalue weighted by Gasteiger charge is -2.34. The highest BCUT2D eigenvalue weighted by molar-refractivity contribution is 6.11. The van der Waals surface area contributed by atoms with Gasteiger partial charge in [0.15, 0.2) is 0 Å². The van der Waals surface area contributed by atoms with Crippen molar-refractivity contribution in [3.8, 4) is 39.1 Å². The SMILES string of the molecule is c1ccc(-c2ccc(N(c3ccc4ccccc4c3)c3ccc4cc(-c5ccc6c(c5)c5ccccc5n6-c5ccc6c(c5)C(c5ccccc5)(c5ccccc5)c5ccccc5-6)ccc4c3)cc2)cc1. The molecule has 0 N–H and O–H groups in total. The number of hydrogen-bond acceptors (Lipinski definition) is 1. The van der Waals surface area contributed by atoms with E-state index in [0.717, 1.165) is 22.7 Å². The Hall–Kier alpha value is -9.24. The fraction of sp³-hybridized carbons (Fsp3) is 0.0145. The molecule has 1 aliphatic rings. The van der Waals surface area contributed by atoms with Gasteiger partial charge in [-0.3, -0.25) is 0 Å². The number of rotatable bonds is 8. The minimum absolute atomic E-state index is 0.476. The molecule has 2 heteroatoms. The zero-order valence-corrected chi connectivity index (χ0v) is 39.0. The molecule has 1 aliphatic carbocycles. The van der Waals surface area contributed by atoms with Gasteiger partial charge in [0.2, 0.25) is 0 Å². The maximum Gasteiger partial charge on any atom is 0.0714 e. The van der Waals surface area contributed by atoms with Crippen molar-refractivity contribution >= 4 is 60.4 Å². The molecular formula is C69H46N2. The molecule has 0 bridgehead atoms. The Morgan fingerprint density at radius 1 is 0.282 bits per heavy atom. The van der Waals surface area contributed by atoms with Crippen molar-refractivity contribution in [1.29, 1.82) is 0 Å². The minimum atomic E-state index is -0.476. The van der Waals surface area contributed by atoms with Gasteiger partial charge in [-0.1, -0.05) is 206 Å². The van der Waals surface area contributed by atoms with Crippen LogP contribution in [0.4, 0.5) is 17.1 Å². The zero-order valence-electron chi connectivity index (χ0n) is 39.0. The van der Waals surface area contributed by atoms with Crippen LogP contribution in [0.2, 0.25) is 0 Å². The highest BCUT2D eigenvalue weighted by atomic mass is 15.1. The Morgan fingerprint density at radius 3 is 1.55 bits per heavy atom. The van der Waals surface area contributed by atoms with E-state index in [1.165, 1.54) is 99.0 Å². The van der Waals surface area contributed by atoms with E-state index in [-0.39, 0.29) is 0 Å². The van der Waals surface area contributed by atoms with E-state index in [1.54, 1.807) is 0 Å². The van der Waals surface area contributed by atoms with Gasteiger partial charge in [-0.2, -0.15) is 0 Å². The second-order valence-electron chi connectivity index (χ2n) is 18.9. The van der Waals surface area contributed by atoms with E-state index in [0.29, 0.717) is 0 Å². The average Bonchev–Trinajstić information content (AvgIpc) is 3.94. The van der Waals surface area contributed by atoms with E-state index in [2.05, 4.69) is 289 Å². The largest absolute Gasteiger partial charge is 0.310 e. The Bertz CT molecular complexity index is 4110. The molecular weight excluding hydrogens is 857 g/mol. The molecule has 1 heterocycles. The highest BCUT2D eigenvalue weighted by Crippen LogP contribution is 2.56. The molecule has 0 saturated carbocycles. The molecule has 0 saturated heterocycles. The van der Waals surface area contributed by atoms with Gasteiger partial charge in [0.1, 0.15) is 0 Å².